The third-order valence-electron chi connectivity index (χ3n) is 5.23. The van der Waals surface area contributed by atoms with Crippen molar-refractivity contribution in [2.75, 3.05) is 5.32 Å². The highest BCUT2D eigenvalue weighted by Gasteiger charge is 2.27. The average Bonchev–Trinajstić information content (AvgIpc) is 3.18. The molecule has 0 unspecified atom stereocenters. The number of thiophene rings is 1. The minimum absolute atomic E-state index is 0.00487. The number of hydrogen-bond acceptors (Lipinski definition) is 5. The van der Waals surface area contributed by atoms with E-state index in [0.29, 0.717) is 5.56 Å². The molecule has 31 heavy (non-hydrogen) atoms. The molecule has 3 aromatic rings. The Labute approximate surface area is 188 Å². The number of carbonyl (C=O) groups excluding carboxylic acids is 2. The summed E-state index contributed by atoms with van der Waals surface area (Å²) in [6, 6.07) is 7.58. The lowest BCUT2D eigenvalue weighted by atomic mass is 9.97. The summed E-state index contributed by atoms with van der Waals surface area (Å²) < 4.78 is 20.0. The topological polar surface area (TPSA) is 68.3 Å². The van der Waals surface area contributed by atoms with Gasteiger partial charge in [-0.1, -0.05) is 24.1 Å². The summed E-state index contributed by atoms with van der Waals surface area (Å²) in [5.74, 6) is -1.96. The van der Waals surface area contributed by atoms with Gasteiger partial charge in [-0.15, -0.1) is 11.3 Å². The van der Waals surface area contributed by atoms with Crippen LogP contribution in [0.2, 0.25) is 5.02 Å². The lowest BCUT2D eigenvalue weighted by Gasteiger charge is -2.22. The van der Waals surface area contributed by atoms with Crippen LogP contribution in [0.25, 0.3) is 11.1 Å². The van der Waals surface area contributed by atoms with E-state index in [-0.39, 0.29) is 27.3 Å². The third kappa shape index (κ3) is 4.78. The molecule has 0 radical (unpaired) electrons. The van der Waals surface area contributed by atoms with Gasteiger partial charge < -0.3 is 10.1 Å². The van der Waals surface area contributed by atoms with E-state index >= 15 is 0 Å². The summed E-state index contributed by atoms with van der Waals surface area (Å²) >= 11 is 7.20. The molecule has 2 heterocycles. The van der Waals surface area contributed by atoms with Crippen LogP contribution in [-0.4, -0.2) is 23.0 Å². The molecule has 1 aliphatic rings. The minimum Gasteiger partial charge on any atom is -0.459 e. The molecule has 1 N–H and O–H groups in total. The number of benzene rings is 1. The second-order valence-electron chi connectivity index (χ2n) is 7.31. The maximum atomic E-state index is 14.2. The number of carbonyl (C=O) groups is 2. The zero-order valence-electron chi connectivity index (χ0n) is 16.6. The highest BCUT2D eigenvalue weighted by Crippen LogP contribution is 2.37. The molecule has 0 saturated heterocycles. The van der Waals surface area contributed by atoms with Crippen molar-refractivity contribution in [3.63, 3.8) is 0 Å². The molecule has 4 rings (SSSR count). The van der Waals surface area contributed by atoms with Crippen molar-refractivity contribution in [1.82, 2.24) is 4.98 Å². The van der Waals surface area contributed by atoms with Gasteiger partial charge in [0.05, 0.1) is 10.6 Å². The summed E-state index contributed by atoms with van der Waals surface area (Å²) in [4.78, 5) is 29.9. The van der Waals surface area contributed by atoms with Crippen LogP contribution < -0.4 is 5.32 Å². The first kappa shape index (κ1) is 21.5. The first-order valence-electron chi connectivity index (χ1n) is 10.0. The van der Waals surface area contributed by atoms with Crippen molar-refractivity contribution in [3.05, 3.63) is 70.1 Å². The highest BCUT2D eigenvalue weighted by molar-refractivity contribution is 7.15. The molecule has 1 saturated carbocycles. The molecule has 0 bridgehead atoms. The fraction of sp³-hybridized carbons (Fsp3) is 0.261. The normalized spacial score (nSPS) is 14.3. The van der Waals surface area contributed by atoms with E-state index < -0.39 is 17.7 Å². The number of nitrogens with zero attached hydrogens (tertiary/aromatic N) is 1. The van der Waals surface area contributed by atoms with Gasteiger partial charge in [0.1, 0.15) is 22.5 Å². The molecular weight excluding hydrogens is 439 g/mol. The van der Waals surface area contributed by atoms with Crippen molar-refractivity contribution in [1.29, 1.82) is 0 Å². The van der Waals surface area contributed by atoms with Crippen LogP contribution in [-0.2, 0) is 4.74 Å². The Balaban J connectivity index is 1.68. The molecule has 1 amide bonds. The fourth-order valence-corrected chi connectivity index (χ4v) is 4.87. The Morgan fingerprint density at radius 3 is 2.55 bits per heavy atom. The average molecular weight is 459 g/mol. The second-order valence-corrected chi connectivity index (χ2v) is 8.59. The number of pyridine rings is 1. The standard InChI is InChI=1S/C23H20ClFN2O3S/c24-17-7-4-8-18(25)20(17)21(28)27-22-19(23(29)30-15-5-2-1-3-6-15)16(13-31-22)14-9-11-26-12-10-14/h4,7-13,15H,1-3,5-6H2,(H,27,28). The van der Waals surface area contributed by atoms with E-state index in [1.807, 2.05) is 0 Å². The quantitative estimate of drug-likeness (QED) is 0.452. The number of nitrogens with one attached hydrogen (secondary N) is 1. The van der Waals surface area contributed by atoms with Crippen LogP contribution in [0.4, 0.5) is 9.39 Å². The van der Waals surface area contributed by atoms with Gasteiger partial charge in [-0.3, -0.25) is 9.78 Å². The minimum atomic E-state index is -0.734. The number of ether oxygens (including phenoxy) is 1. The molecule has 5 nitrogen and oxygen atoms in total. The second kappa shape index (κ2) is 9.58. The molecule has 1 fully saturated rings. The van der Waals surface area contributed by atoms with Crippen molar-refractivity contribution in [2.24, 2.45) is 0 Å². The van der Waals surface area contributed by atoms with Crippen LogP contribution in [0.3, 0.4) is 0 Å². The summed E-state index contributed by atoms with van der Waals surface area (Å²) in [5, 5.41) is 4.71. The smallest absolute Gasteiger partial charge is 0.342 e. The molecular formula is C23H20ClFN2O3S. The molecule has 0 atom stereocenters. The lowest BCUT2D eigenvalue weighted by Crippen LogP contribution is -2.22. The van der Waals surface area contributed by atoms with Crippen molar-refractivity contribution in [2.45, 2.75) is 38.2 Å². The summed E-state index contributed by atoms with van der Waals surface area (Å²) in [5.41, 5.74) is 1.38. The Bertz CT molecular complexity index is 1080. The third-order valence-corrected chi connectivity index (χ3v) is 6.44. The Morgan fingerprint density at radius 1 is 1.10 bits per heavy atom. The number of rotatable bonds is 5. The molecule has 2 aromatic heterocycles. The van der Waals surface area contributed by atoms with Crippen LogP contribution in [0.5, 0.6) is 0 Å². The van der Waals surface area contributed by atoms with Crippen LogP contribution in [0.1, 0.15) is 52.8 Å². The van der Waals surface area contributed by atoms with Gasteiger partial charge in [-0.2, -0.15) is 0 Å². The lowest BCUT2D eigenvalue weighted by molar-refractivity contribution is 0.0214. The van der Waals surface area contributed by atoms with Gasteiger partial charge >= 0.3 is 5.97 Å². The summed E-state index contributed by atoms with van der Waals surface area (Å²) in [7, 11) is 0. The van der Waals surface area contributed by atoms with E-state index in [1.165, 1.54) is 23.5 Å². The maximum Gasteiger partial charge on any atom is 0.342 e. The molecule has 0 spiro atoms. The van der Waals surface area contributed by atoms with E-state index in [4.69, 9.17) is 16.3 Å². The van der Waals surface area contributed by atoms with E-state index in [9.17, 15) is 14.0 Å². The molecule has 1 aliphatic carbocycles. The van der Waals surface area contributed by atoms with Crippen LogP contribution >= 0.6 is 22.9 Å². The first-order chi connectivity index (χ1) is 15.0. The zero-order chi connectivity index (χ0) is 21.8. The van der Waals surface area contributed by atoms with Gasteiger partial charge in [-0.25, -0.2) is 9.18 Å². The van der Waals surface area contributed by atoms with Gasteiger partial charge in [0.25, 0.3) is 5.91 Å². The number of aromatic nitrogens is 1. The number of esters is 1. The van der Waals surface area contributed by atoms with Gasteiger partial charge in [0, 0.05) is 23.3 Å². The fourth-order valence-electron chi connectivity index (χ4n) is 3.67. The van der Waals surface area contributed by atoms with E-state index in [0.717, 1.165) is 43.7 Å². The Morgan fingerprint density at radius 2 is 1.84 bits per heavy atom. The van der Waals surface area contributed by atoms with Gasteiger partial charge in [0.15, 0.2) is 0 Å². The van der Waals surface area contributed by atoms with Crippen LogP contribution in [0, 0.1) is 5.82 Å². The van der Waals surface area contributed by atoms with Crippen molar-refractivity contribution >= 4 is 39.8 Å². The number of amides is 1. The maximum absolute atomic E-state index is 14.2. The first-order valence-corrected chi connectivity index (χ1v) is 11.3. The molecule has 160 valence electrons. The summed E-state index contributed by atoms with van der Waals surface area (Å²) in [6.07, 6.45) is 7.94. The van der Waals surface area contributed by atoms with Crippen molar-refractivity contribution < 1.29 is 18.7 Å². The summed E-state index contributed by atoms with van der Waals surface area (Å²) in [6.45, 7) is 0. The number of hydrogen-bond donors (Lipinski definition) is 1. The van der Waals surface area contributed by atoms with E-state index in [2.05, 4.69) is 10.3 Å². The monoisotopic (exact) mass is 458 g/mol. The van der Waals surface area contributed by atoms with Gasteiger partial charge in [-0.05, 0) is 55.5 Å². The SMILES string of the molecule is O=C(Nc1scc(-c2ccncc2)c1C(=O)OC1CCCCC1)c1c(F)cccc1Cl. The van der Waals surface area contributed by atoms with E-state index in [1.54, 1.807) is 29.9 Å². The Kier molecular flexibility index (Phi) is 6.63. The zero-order valence-corrected chi connectivity index (χ0v) is 18.1. The molecule has 1 aromatic carbocycles. The van der Waals surface area contributed by atoms with Gasteiger partial charge in [0.2, 0.25) is 0 Å². The predicted octanol–water partition coefficient (Wildman–Crippen LogP) is 6.34. The molecule has 8 heteroatoms. The molecule has 0 aliphatic heterocycles. The van der Waals surface area contributed by atoms with Crippen LogP contribution in [0.15, 0.2) is 48.1 Å². The number of halogens is 2. The largest absolute Gasteiger partial charge is 0.459 e. The highest BCUT2D eigenvalue weighted by atomic mass is 35.5. The Hall–Kier alpha value is -2.77. The predicted molar refractivity (Wildman–Crippen MR) is 119 cm³/mol. The number of anilines is 1. The van der Waals surface area contributed by atoms with Crippen molar-refractivity contribution in [3.8, 4) is 11.1 Å².